The van der Waals surface area contributed by atoms with E-state index in [9.17, 15) is 44.7 Å². The van der Waals surface area contributed by atoms with Gasteiger partial charge in [-0.25, -0.2) is 9.59 Å². The van der Waals surface area contributed by atoms with Gasteiger partial charge in [-0.3, -0.25) is 9.59 Å². The largest absolute Gasteiger partial charge is 0.459 e. The second-order valence-electron chi connectivity index (χ2n) is 14.9. The van der Waals surface area contributed by atoms with Gasteiger partial charge >= 0.3 is 18.0 Å². The Kier molecular flexibility index (Phi) is 14.2. The van der Waals surface area contributed by atoms with Crippen molar-refractivity contribution in [1.82, 2.24) is 5.32 Å². The van der Waals surface area contributed by atoms with Gasteiger partial charge < -0.3 is 49.8 Å². The van der Waals surface area contributed by atoms with E-state index in [0.29, 0.717) is 0 Å². The molecule has 1 saturated heterocycles. The van der Waals surface area contributed by atoms with Crippen molar-refractivity contribution in [3.63, 3.8) is 0 Å². The van der Waals surface area contributed by atoms with E-state index in [-0.39, 0.29) is 118 Å². The zero-order chi connectivity index (χ0) is 34.9. The van der Waals surface area contributed by atoms with Crippen LogP contribution in [0, 0.1) is 105 Å². The molecule has 0 aromatic heterocycles. The molecule has 0 aromatic rings. The van der Waals surface area contributed by atoms with E-state index in [0.717, 1.165) is 39.0 Å². The Labute approximate surface area is 357 Å². The number of Topliss-reactive ketones (excluding diaryl/α,β-unsaturated/α-hetero) is 1. The maximum Gasteiger partial charge on any atom is 0.407 e. The molecule has 1 heterocycles. The fourth-order valence-corrected chi connectivity index (χ4v) is 8.85. The number of nitrogens with one attached hydrogen (secondary N) is 1. The Bertz CT molecular complexity index is 1340. The van der Waals surface area contributed by atoms with Crippen molar-refractivity contribution >= 4 is 23.8 Å². The summed E-state index contributed by atoms with van der Waals surface area (Å²) in [7, 11) is 0. The van der Waals surface area contributed by atoms with Crippen LogP contribution in [0.1, 0.15) is 86.5 Å². The van der Waals surface area contributed by atoms with E-state index < -0.39 is 101 Å². The molecule has 4 aliphatic carbocycles. The molecule has 4 fully saturated rings. The van der Waals surface area contributed by atoms with E-state index in [4.69, 9.17) is 18.9 Å². The number of rotatable bonds is 6. The summed E-state index contributed by atoms with van der Waals surface area (Å²) in [5, 5.41) is 61.1. The molecule has 0 spiro atoms. The Morgan fingerprint density at radius 1 is 1.00 bits per heavy atom. The molecular formula is C33H49Ac2NO13. The van der Waals surface area contributed by atoms with Crippen molar-refractivity contribution in [1.29, 1.82) is 0 Å². The van der Waals surface area contributed by atoms with Gasteiger partial charge in [0.2, 0.25) is 0 Å². The van der Waals surface area contributed by atoms with Gasteiger partial charge in [-0.2, -0.15) is 0 Å². The third kappa shape index (κ3) is 7.39. The number of carbonyl (C=O) groups is 4. The van der Waals surface area contributed by atoms with Crippen LogP contribution < -0.4 is 5.32 Å². The molecule has 6 N–H and O–H groups in total. The molecule has 1 amide bonds. The van der Waals surface area contributed by atoms with Crippen LogP contribution in [0.25, 0.3) is 0 Å². The van der Waals surface area contributed by atoms with E-state index in [1.54, 1.807) is 13.8 Å². The topological polar surface area (TPSA) is 218 Å². The standard InChI is InChI=1S/C33H49NO13.2Ac/c1-15-19(47-28(40)23(37)16(2)34-29(41)46-18-10-8-7-9-11-18)13-33(43)27(45-17(3)35)25-31(6,20(36)12-21-32(25,42)14-44-21)26(39)24(38)22(15)30(33,4)5;;/h16,18-21,23-25,27,36-38,42-43H,7-14H2,1-6H3,(H,34,41);;/t16-,19?,20-,21+,23+,24+,25-,27-,31+,32-,33+;;/m0../s1. The van der Waals surface area contributed by atoms with Crippen LogP contribution >= 0.6 is 0 Å². The smallest absolute Gasteiger partial charge is 0.407 e. The number of hydrogen-bond acceptors (Lipinski definition) is 13. The van der Waals surface area contributed by atoms with Crippen LogP contribution in [0.5, 0.6) is 0 Å². The summed E-state index contributed by atoms with van der Waals surface area (Å²) in [6, 6.07) is -1.13. The SMILES string of the molecule is CC(=O)O[C@H]1[C@@H]2[C@]3(O)CO[C@@H]3C[C@H](O)[C@@]2(C)C(=O)[C@H](O)C2=C(C)C(OC(=O)[C@H](O)[C@H](C)NC(=O)OC3CCCCC3)C[C@]1(O)C2(C)C.[Ac].[Ac]. The van der Waals surface area contributed by atoms with E-state index >= 15 is 0 Å². The van der Waals surface area contributed by atoms with Gasteiger partial charge in [-0.1, -0.05) is 20.3 Å². The Hall–Kier alpha value is 0.263. The minimum absolute atomic E-state index is 0. The number of esters is 2. The van der Waals surface area contributed by atoms with E-state index in [1.807, 2.05) is 0 Å². The Balaban J connectivity index is 0.00000325. The fraction of sp³-hybridized carbons (Fsp3) is 0.818. The number of alkyl carbamates (subject to hydrolysis) is 1. The summed E-state index contributed by atoms with van der Waals surface area (Å²) in [5.74, 6) is -4.30. The Morgan fingerprint density at radius 2 is 1.61 bits per heavy atom. The van der Waals surface area contributed by atoms with Gasteiger partial charge in [0.25, 0.3) is 0 Å². The van der Waals surface area contributed by atoms with Crippen molar-refractivity contribution in [3.05, 3.63) is 11.1 Å². The van der Waals surface area contributed by atoms with E-state index in [1.165, 1.54) is 20.8 Å². The van der Waals surface area contributed by atoms with E-state index in [2.05, 4.69) is 5.32 Å². The number of aliphatic hydroxyl groups excluding tert-OH is 3. The molecule has 11 atom stereocenters. The molecule has 16 heteroatoms. The summed E-state index contributed by atoms with van der Waals surface area (Å²) in [6.45, 7) is 8.23. The van der Waals surface area contributed by atoms with Gasteiger partial charge in [0.15, 0.2) is 11.9 Å². The van der Waals surface area contributed by atoms with Crippen LogP contribution in [-0.2, 0) is 33.3 Å². The van der Waals surface area contributed by atoms with Crippen LogP contribution in [0.3, 0.4) is 0 Å². The first-order chi connectivity index (χ1) is 21.8. The summed E-state index contributed by atoms with van der Waals surface area (Å²) in [4.78, 5) is 52.7. The van der Waals surface area contributed by atoms with Crippen LogP contribution in [-0.4, -0.2) is 116 Å². The third-order valence-electron chi connectivity index (χ3n) is 11.8. The van der Waals surface area contributed by atoms with Gasteiger partial charge in [-0.05, 0) is 57.6 Å². The van der Waals surface area contributed by atoms with Crippen LogP contribution in [0.4, 0.5) is 4.79 Å². The molecule has 1 unspecified atom stereocenters. The molecule has 49 heavy (non-hydrogen) atoms. The monoisotopic (exact) mass is 1120 g/mol. The number of ketones is 1. The average Bonchev–Trinajstić information content (AvgIpc) is 2.99. The molecule has 0 aromatic carbocycles. The maximum atomic E-state index is 14.3. The zero-order valence-corrected chi connectivity index (χ0v) is 38.5. The first kappa shape index (κ1) is 43.7. The van der Waals surface area contributed by atoms with Crippen molar-refractivity contribution in [2.24, 2.45) is 16.7 Å². The molecule has 3 saturated carbocycles. The predicted molar refractivity (Wildman–Crippen MR) is 161 cm³/mol. The minimum atomic E-state index is -2.20. The number of hydrogen-bond donors (Lipinski definition) is 6. The van der Waals surface area contributed by atoms with Crippen molar-refractivity contribution in [3.8, 4) is 0 Å². The summed E-state index contributed by atoms with van der Waals surface area (Å²) < 4.78 is 22.5. The predicted octanol–water partition coefficient (Wildman–Crippen LogP) is 0.576. The molecular weight excluding hydrogens is 1070 g/mol. The maximum absolute atomic E-state index is 14.3. The fourth-order valence-electron chi connectivity index (χ4n) is 8.85. The molecule has 5 rings (SSSR count). The second kappa shape index (κ2) is 15.9. The number of amides is 1. The summed E-state index contributed by atoms with van der Waals surface area (Å²) in [5.41, 5.74) is -7.20. The third-order valence-corrected chi connectivity index (χ3v) is 11.8. The molecule has 5 aliphatic rings. The molecule has 14 nitrogen and oxygen atoms in total. The van der Waals surface area contributed by atoms with Gasteiger partial charge in [0, 0.05) is 119 Å². The molecule has 270 valence electrons. The van der Waals surface area contributed by atoms with Crippen molar-refractivity contribution in [2.75, 3.05) is 6.61 Å². The average molecular weight is 1120 g/mol. The molecule has 1 aliphatic heterocycles. The van der Waals surface area contributed by atoms with Crippen LogP contribution in [0.2, 0.25) is 0 Å². The quantitative estimate of drug-likeness (QED) is 0.122. The minimum Gasteiger partial charge on any atom is -0.459 e. The number of fused-ring (bicyclic) bond motifs is 5. The first-order valence-corrected chi connectivity index (χ1v) is 16.5. The zero-order valence-electron chi connectivity index (χ0n) is 29.0. The number of carbonyl (C=O) groups excluding carboxylic acids is 4. The summed E-state index contributed by atoms with van der Waals surface area (Å²) in [6.07, 6.45) is -6.33. The molecule has 2 radical (unpaired) electrons. The van der Waals surface area contributed by atoms with Gasteiger partial charge in [-0.15, -0.1) is 0 Å². The van der Waals surface area contributed by atoms with Crippen LogP contribution in [0.15, 0.2) is 11.1 Å². The number of aliphatic hydroxyl groups is 5. The first-order valence-electron chi connectivity index (χ1n) is 16.5. The Morgan fingerprint density at radius 3 is 2.16 bits per heavy atom. The van der Waals surface area contributed by atoms with Gasteiger partial charge in [0.1, 0.15) is 35.6 Å². The number of ether oxygens (including phenoxy) is 4. The van der Waals surface area contributed by atoms with Crippen molar-refractivity contribution < 1.29 is 152 Å². The van der Waals surface area contributed by atoms with Gasteiger partial charge in [0.05, 0.1) is 30.3 Å². The second-order valence-corrected chi connectivity index (χ2v) is 14.9. The summed E-state index contributed by atoms with van der Waals surface area (Å²) >= 11 is 0. The molecule has 2 bridgehead atoms. The van der Waals surface area contributed by atoms with Crippen molar-refractivity contribution in [2.45, 2.75) is 146 Å². The normalized spacial score (nSPS) is 39.4.